The number of aliphatic carboxylic acids is 1. The first-order chi connectivity index (χ1) is 13.8. The second kappa shape index (κ2) is 7.60. The summed E-state index contributed by atoms with van der Waals surface area (Å²) in [5, 5.41) is 9.86. The van der Waals surface area contributed by atoms with Crippen molar-refractivity contribution in [3.05, 3.63) is 48.0 Å². The minimum absolute atomic E-state index is 0.00620. The van der Waals surface area contributed by atoms with Gasteiger partial charge < -0.3 is 14.7 Å². The molecule has 1 aromatic rings. The molecule has 5 heteroatoms. The van der Waals surface area contributed by atoms with Crippen molar-refractivity contribution in [3.8, 4) is 0 Å². The van der Waals surface area contributed by atoms with E-state index < -0.39 is 17.8 Å². The summed E-state index contributed by atoms with van der Waals surface area (Å²) in [6, 6.07) is 9.97. The first-order valence-corrected chi connectivity index (χ1v) is 10.7. The van der Waals surface area contributed by atoms with Crippen molar-refractivity contribution >= 4 is 11.9 Å². The van der Waals surface area contributed by atoms with Gasteiger partial charge in [-0.05, 0) is 57.4 Å². The molecule has 1 saturated carbocycles. The van der Waals surface area contributed by atoms with Crippen LogP contribution in [0.5, 0.6) is 0 Å². The van der Waals surface area contributed by atoms with E-state index in [0.717, 1.165) is 24.8 Å². The highest BCUT2D eigenvalue weighted by molar-refractivity contribution is 5.87. The smallest absolute Gasteiger partial charge is 0.307 e. The molecule has 1 heterocycles. The Hall–Kier alpha value is -2.14. The molecule has 29 heavy (non-hydrogen) atoms. The summed E-state index contributed by atoms with van der Waals surface area (Å²) in [5.74, 6) is -1.93. The number of ether oxygens (including phenoxy) is 1. The van der Waals surface area contributed by atoms with Gasteiger partial charge in [0.1, 0.15) is 0 Å². The fraction of sp³-hybridized carbons (Fsp3) is 0.583. The number of carbonyl (C=O) groups is 2. The van der Waals surface area contributed by atoms with Gasteiger partial charge in [-0.15, -0.1) is 0 Å². The van der Waals surface area contributed by atoms with E-state index in [4.69, 9.17) is 4.74 Å². The van der Waals surface area contributed by atoms with Crippen LogP contribution in [0.4, 0.5) is 0 Å². The van der Waals surface area contributed by atoms with Crippen molar-refractivity contribution in [2.75, 3.05) is 6.61 Å². The van der Waals surface area contributed by atoms with E-state index in [0.29, 0.717) is 6.61 Å². The average molecular weight is 398 g/mol. The molecular weight excluding hydrogens is 366 g/mol. The van der Waals surface area contributed by atoms with Crippen molar-refractivity contribution in [1.82, 2.24) is 4.90 Å². The Bertz CT molecular complexity index is 802. The van der Waals surface area contributed by atoms with Crippen molar-refractivity contribution in [1.29, 1.82) is 0 Å². The summed E-state index contributed by atoms with van der Waals surface area (Å²) >= 11 is 0. The third-order valence-corrected chi connectivity index (χ3v) is 7.05. The van der Waals surface area contributed by atoms with Crippen LogP contribution in [0, 0.1) is 23.7 Å². The Morgan fingerprint density at radius 3 is 2.41 bits per heavy atom. The lowest BCUT2D eigenvalue weighted by Crippen LogP contribution is -2.53. The number of carboxylic acids is 1. The van der Waals surface area contributed by atoms with Crippen LogP contribution in [-0.2, 0) is 14.3 Å². The highest BCUT2D eigenvalue weighted by atomic mass is 16.5. The number of hydrogen-bond acceptors (Lipinski definition) is 3. The standard InChI is InChI=1S/C24H31NO4/c1-15(16-7-5-4-6-8-16)25(19-11-12-29-24(2,3)14-19)22(26)20-17-9-10-18(13-17)21(20)23(27)28/h4-10,15,17-21H,11-14H2,1-3H3,(H,27,28)/t15-,17+,18-,19-,20-,21+/m0/s1. The maximum absolute atomic E-state index is 14.0. The number of benzene rings is 1. The first-order valence-electron chi connectivity index (χ1n) is 10.7. The number of fused-ring (bicyclic) bond motifs is 2. The second-order valence-electron chi connectivity index (χ2n) is 9.43. The molecule has 1 N–H and O–H groups in total. The Labute approximate surface area is 172 Å². The van der Waals surface area contributed by atoms with Gasteiger partial charge in [0.2, 0.25) is 5.91 Å². The molecule has 6 atom stereocenters. The van der Waals surface area contributed by atoms with E-state index in [9.17, 15) is 14.7 Å². The van der Waals surface area contributed by atoms with E-state index in [1.54, 1.807) is 0 Å². The third kappa shape index (κ3) is 3.73. The van der Waals surface area contributed by atoms with Gasteiger partial charge >= 0.3 is 5.97 Å². The normalized spacial score (nSPS) is 33.4. The third-order valence-electron chi connectivity index (χ3n) is 7.05. The van der Waals surface area contributed by atoms with Gasteiger partial charge in [-0.3, -0.25) is 9.59 Å². The lowest BCUT2D eigenvalue weighted by molar-refractivity contribution is -0.157. The summed E-state index contributed by atoms with van der Waals surface area (Å²) in [6.45, 7) is 6.81. The van der Waals surface area contributed by atoms with Crippen molar-refractivity contribution in [2.45, 2.75) is 57.7 Å². The molecule has 1 aliphatic heterocycles. The second-order valence-corrected chi connectivity index (χ2v) is 9.43. The van der Waals surface area contributed by atoms with Crippen molar-refractivity contribution in [3.63, 3.8) is 0 Å². The fourth-order valence-electron chi connectivity index (χ4n) is 5.68. The van der Waals surface area contributed by atoms with Crippen LogP contribution in [0.2, 0.25) is 0 Å². The molecule has 1 amide bonds. The molecule has 5 nitrogen and oxygen atoms in total. The minimum atomic E-state index is -0.847. The average Bonchev–Trinajstić information content (AvgIpc) is 3.29. The monoisotopic (exact) mass is 397 g/mol. The van der Waals surface area contributed by atoms with E-state index in [1.807, 2.05) is 41.3 Å². The Kier molecular flexibility index (Phi) is 5.28. The molecule has 2 bridgehead atoms. The molecule has 0 unspecified atom stereocenters. The van der Waals surface area contributed by atoms with E-state index in [-0.39, 0.29) is 35.4 Å². The Balaban J connectivity index is 1.69. The summed E-state index contributed by atoms with van der Waals surface area (Å²) in [4.78, 5) is 28.0. The Morgan fingerprint density at radius 2 is 1.79 bits per heavy atom. The lowest BCUT2D eigenvalue weighted by atomic mass is 9.80. The predicted octanol–water partition coefficient (Wildman–Crippen LogP) is 4.06. The van der Waals surface area contributed by atoms with Gasteiger partial charge in [0, 0.05) is 12.6 Å². The van der Waals surface area contributed by atoms with Gasteiger partial charge in [0.25, 0.3) is 0 Å². The zero-order valence-electron chi connectivity index (χ0n) is 17.5. The van der Waals surface area contributed by atoms with Gasteiger partial charge in [-0.1, -0.05) is 42.5 Å². The maximum atomic E-state index is 14.0. The molecule has 0 spiro atoms. The number of amides is 1. The van der Waals surface area contributed by atoms with E-state index in [2.05, 4.69) is 26.8 Å². The molecule has 0 aromatic heterocycles. The number of allylic oxidation sites excluding steroid dienone is 2. The van der Waals surface area contributed by atoms with Gasteiger partial charge in [-0.2, -0.15) is 0 Å². The molecule has 156 valence electrons. The quantitative estimate of drug-likeness (QED) is 0.761. The number of hydrogen-bond donors (Lipinski definition) is 1. The van der Waals surface area contributed by atoms with Gasteiger partial charge in [-0.25, -0.2) is 0 Å². The van der Waals surface area contributed by atoms with Gasteiger partial charge in [0.15, 0.2) is 0 Å². The van der Waals surface area contributed by atoms with Crippen LogP contribution >= 0.6 is 0 Å². The van der Waals surface area contributed by atoms with Crippen LogP contribution in [0.1, 0.15) is 51.6 Å². The van der Waals surface area contributed by atoms with Crippen LogP contribution in [0.25, 0.3) is 0 Å². The topological polar surface area (TPSA) is 66.8 Å². The molecule has 0 radical (unpaired) electrons. The van der Waals surface area contributed by atoms with Crippen LogP contribution in [0.15, 0.2) is 42.5 Å². The highest BCUT2D eigenvalue weighted by Gasteiger charge is 2.54. The number of rotatable bonds is 5. The van der Waals surface area contributed by atoms with Crippen molar-refractivity contribution < 1.29 is 19.4 Å². The summed E-state index contributed by atoms with van der Waals surface area (Å²) < 4.78 is 5.90. The molecule has 4 rings (SSSR count). The highest BCUT2D eigenvalue weighted by Crippen LogP contribution is 2.50. The summed E-state index contributed by atoms with van der Waals surface area (Å²) in [7, 11) is 0. The summed E-state index contributed by atoms with van der Waals surface area (Å²) in [5.41, 5.74) is 0.786. The predicted molar refractivity (Wildman–Crippen MR) is 110 cm³/mol. The molecule has 1 saturated heterocycles. The fourth-order valence-corrected chi connectivity index (χ4v) is 5.68. The number of carbonyl (C=O) groups excluding carboxylic acids is 1. The summed E-state index contributed by atoms with van der Waals surface area (Å²) in [6.07, 6.45) is 6.37. The van der Waals surface area contributed by atoms with Crippen LogP contribution in [-0.4, -0.2) is 40.1 Å². The van der Waals surface area contributed by atoms with Crippen LogP contribution < -0.4 is 0 Å². The molecular formula is C24H31NO4. The number of carboxylic acid groups (broad SMARTS) is 1. The molecule has 1 aromatic carbocycles. The molecule has 2 aliphatic carbocycles. The SMILES string of the molecule is C[C@@H](c1ccccc1)N(C(=O)[C@@H]1[C@H](C(=O)O)[C@H]2C=C[C@@H]1C2)[C@H]1CCOC(C)(C)C1. The Morgan fingerprint density at radius 1 is 1.14 bits per heavy atom. The lowest BCUT2D eigenvalue weighted by Gasteiger charge is -2.45. The van der Waals surface area contributed by atoms with Gasteiger partial charge in [0.05, 0.1) is 23.5 Å². The zero-order valence-corrected chi connectivity index (χ0v) is 17.5. The van der Waals surface area contributed by atoms with Crippen molar-refractivity contribution in [2.24, 2.45) is 23.7 Å². The minimum Gasteiger partial charge on any atom is -0.481 e. The molecule has 2 fully saturated rings. The van der Waals surface area contributed by atoms with E-state index >= 15 is 0 Å². The first kappa shape index (κ1) is 20.1. The van der Waals surface area contributed by atoms with E-state index in [1.165, 1.54) is 0 Å². The largest absolute Gasteiger partial charge is 0.481 e. The van der Waals surface area contributed by atoms with Crippen LogP contribution in [0.3, 0.4) is 0 Å². The number of nitrogens with zero attached hydrogens (tertiary/aromatic N) is 1. The zero-order chi connectivity index (χ0) is 20.8. The maximum Gasteiger partial charge on any atom is 0.307 e. The molecule has 3 aliphatic rings.